The lowest BCUT2D eigenvalue weighted by Crippen LogP contribution is -2.52. The third-order valence-electron chi connectivity index (χ3n) is 8.10. The second kappa shape index (κ2) is 13.4. The zero-order valence-electron chi connectivity index (χ0n) is 23.2. The number of benzene rings is 2. The van der Waals surface area contributed by atoms with Gasteiger partial charge in [0.1, 0.15) is 11.6 Å². The standard InChI is InChI=1S/C31H41F2N3O3/c1-20(15-22-8-10-24(32)18-26(22)33)19-36(31(37)23-9-13-29(38-2)30(17-23)39-3)28(27-5-4-14-35-27)16-21-6-11-25(34)12-7-21/h8-10,13,15,17-18,21,25,27-28,35H,4-7,11-12,14,16,19,34H2,1-3H3/t21?,25?,27?,28-/m0/s1. The Morgan fingerprint density at radius 3 is 2.46 bits per heavy atom. The Labute approximate surface area is 230 Å². The summed E-state index contributed by atoms with van der Waals surface area (Å²) in [6.07, 6.45) is 8.73. The Bertz CT molecular complexity index is 1160. The third kappa shape index (κ3) is 7.37. The Balaban J connectivity index is 1.69. The summed E-state index contributed by atoms with van der Waals surface area (Å²) in [4.78, 5) is 16.2. The monoisotopic (exact) mass is 541 g/mol. The molecule has 1 aliphatic carbocycles. The van der Waals surface area contributed by atoms with Crippen LogP contribution in [0.3, 0.4) is 0 Å². The van der Waals surface area contributed by atoms with Gasteiger partial charge in [0.2, 0.25) is 0 Å². The molecule has 6 nitrogen and oxygen atoms in total. The summed E-state index contributed by atoms with van der Waals surface area (Å²) < 4.78 is 38.8. The smallest absolute Gasteiger partial charge is 0.254 e. The molecule has 0 spiro atoms. The molecule has 0 bridgehead atoms. The number of nitrogens with two attached hydrogens (primary N) is 1. The summed E-state index contributed by atoms with van der Waals surface area (Å²) in [6, 6.07) is 9.14. The van der Waals surface area contributed by atoms with Crippen LogP contribution < -0.4 is 20.5 Å². The Morgan fingerprint density at radius 2 is 1.82 bits per heavy atom. The summed E-state index contributed by atoms with van der Waals surface area (Å²) in [7, 11) is 3.11. The van der Waals surface area contributed by atoms with Crippen LogP contribution in [0.2, 0.25) is 0 Å². The van der Waals surface area contributed by atoms with Crippen LogP contribution in [0.4, 0.5) is 8.78 Å². The molecular weight excluding hydrogens is 500 g/mol. The molecular formula is C31H41F2N3O3. The fourth-order valence-electron chi connectivity index (χ4n) is 5.99. The van der Waals surface area contributed by atoms with Gasteiger partial charge in [-0.2, -0.15) is 0 Å². The molecule has 0 radical (unpaired) electrons. The zero-order chi connectivity index (χ0) is 27.9. The average molecular weight is 542 g/mol. The first-order valence-electron chi connectivity index (χ1n) is 13.9. The molecule has 0 aromatic heterocycles. The summed E-state index contributed by atoms with van der Waals surface area (Å²) in [5, 5.41) is 3.64. The number of ether oxygens (including phenoxy) is 2. The Morgan fingerprint density at radius 1 is 1.08 bits per heavy atom. The largest absolute Gasteiger partial charge is 0.493 e. The van der Waals surface area contributed by atoms with Gasteiger partial charge in [0.25, 0.3) is 5.91 Å². The molecule has 1 heterocycles. The van der Waals surface area contributed by atoms with Gasteiger partial charge in [-0.15, -0.1) is 0 Å². The van der Waals surface area contributed by atoms with E-state index >= 15 is 0 Å². The van der Waals surface area contributed by atoms with Crippen LogP contribution in [-0.2, 0) is 0 Å². The molecule has 4 rings (SSSR count). The first-order chi connectivity index (χ1) is 18.8. The van der Waals surface area contributed by atoms with Crippen molar-refractivity contribution in [3.63, 3.8) is 0 Å². The van der Waals surface area contributed by atoms with Gasteiger partial charge in [-0.1, -0.05) is 11.6 Å². The van der Waals surface area contributed by atoms with Gasteiger partial charge in [-0.05, 0) is 94.7 Å². The fraction of sp³-hybridized carbons (Fsp3) is 0.516. The number of carbonyl (C=O) groups is 1. The maximum absolute atomic E-state index is 14.5. The number of amides is 1. The molecule has 2 aromatic rings. The SMILES string of the molecule is COc1ccc(C(=O)N(CC(C)=Cc2ccc(F)cc2F)[C@@H](CC2CCC(N)CC2)C2CCCN2)cc1OC. The van der Waals surface area contributed by atoms with E-state index in [0.29, 0.717) is 35.1 Å². The number of nitrogens with one attached hydrogen (secondary N) is 1. The van der Waals surface area contributed by atoms with Gasteiger partial charge in [-0.3, -0.25) is 4.79 Å². The normalized spacial score (nSPS) is 22.4. The molecule has 1 aliphatic heterocycles. The van der Waals surface area contributed by atoms with Crippen molar-refractivity contribution in [1.82, 2.24) is 10.2 Å². The van der Waals surface area contributed by atoms with Crippen molar-refractivity contribution in [3.8, 4) is 11.5 Å². The topological polar surface area (TPSA) is 76.8 Å². The number of halogens is 2. The lowest BCUT2D eigenvalue weighted by Gasteiger charge is -2.39. The van der Waals surface area contributed by atoms with Crippen LogP contribution in [0.1, 0.15) is 67.8 Å². The minimum atomic E-state index is -0.625. The van der Waals surface area contributed by atoms with Crippen LogP contribution >= 0.6 is 0 Å². The molecule has 1 unspecified atom stereocenters. The van der Waals surface area contributed by atoms with Crippen molar-refractivity contribution in [2.75, 3.05) is 27.3 Å². The van der Waals surface area contributed by atoms with Gasteiger partial charge in [0.15, 0.2) is 11.5 Å². The van der Waals surface area contributed by atoms with Crippen molar-refractivity contribution in [2.45, 2.75) is 70.0 Å². The summed E-state index contributed by atoms with van der Waals surface area (Å²) in [5.41, 5.74) is 7.79. The van der Waals surface area contributed by atoms with Crippen LogP contribution in [0.5, 0.6) is 11.5 Å². The van der Waals surface area contributed by atoms with Crippen LogP contribution in [0.25, 0.3) is 6.08 Å². The van der Waals surface area contributed by atoms with Crippen LogP contribution in [0, 0.1) is 17.6 Å². The van der Waals surface area contributed by atoms with E-state index in [1.807, 2.05) is 11.8 Å². The van der Waals surface area contributed by atoms with E-state index in [0.717, 1.165) is 63.1 Å². The minimum Gasteiger partial charge on any atom is -0.493 e. The lowest BCUT2D eigenvalue weighted by molar-refractivity contribution is 0.0615. The summed E-state index contributed by atoms with van der Waals surface area (Å²) >= 11 is 0. The second-order valence-electron chi connectivity index (χ2n) is 10.9. The quantitative estimate of drug-likeness (QED) is 0.412. The van der Waals surface area contributed by atoms with Gasteiger partial charge in [-0.25, -0.2) is 8.78 Å². The van der Waals surface area contributed by atoms with E-state index < -0.39 is 11.6 Å². The number of hydrogen-bond acceptors (Lipinski definition) is 5. The molecule has 2 fully saturated rings. The van der Waals surface area contributed by atoms with E-state index in [1.165, 1.54) is 12.1 Å². The number of nitrogens with zero attached hydrogens (tertiary/aromatic N) is 1. The molecule has 2 aliphatic rings. The average Bonchev–Trinajstić information content (AvgIpc) is 3.47. The van der Waals surface area contributed by atoms with Crippen LogP contribution in [-0.4, -0.2) is 56.2 Å². The molecule has 212 valence electrons. The molecule has 2 atom stereocenters. The number of carbonyl (C=O) groups excluding carboxylic acids is 1. The number of methoxy groups -OCH3 is 2. The second-order valence-corrected chi connectivity index (χ2v) is 10.9. The predicted molar refractivity (Wildman–Crippen MR) is 150 cm³/mol. The molecule has 1 saturated heterocycles. The lowest BCUT2D eigenvalue weighted by atomic mass is 9.80. The highest BCUT2D eigenvalue weighted by Crippen LogP contribution is 2.33. The van der Waals surface area contributed by atoms with E-state index in [2.05, 4.69) is 5.32 Å². The molecule has 2 aromatic carbocycles. The van der Waals surface area contributed by atoms with Crippen LogP contribution in [0.15, 0.2) is 42.0 Å². The highest BCUT2D eigenvalue weighted by Gasteiger charge is 2.36. The maximum atomic E-state index is 14.5. The van der Waals surface area contributed by atoms with Crippen molar-refractivity contribution in [3.05, 3.63) is 64.7 Å². The minimum absolute atomic E-state index is 0.0474. The first kappa shape index (κ1) is 29.0. The Kier molecular flexibility index (Phi) is 9.97. The number of rotatable bonds is 10. The van der Waals surface area contributed by atoms with Crippen molar-refractivity contribution >= 4 is 12.0 Å². The van der Waals surface area contributed by atoms with Gasteiger partial charge in [0.05, 0.1) is 14.2 Å². The molecule has 39 heavy (non-hydrogen) atoms. The third-order valence-corrected chi connectivity index (χ3v) is 8.10. The summed E-state index contributed by atoms with van der Waals surface area (Å²) in [6.45, 7) is 3.13. The Hall–Kier alpha value is -2.97. The van der Waals surface area contributed by atoms with E-state index in [9.17, 15) is 13.6 Å². The van der Waals surface area contributed by atoms with E-state index in [4.69, 9.17) is 15.2 Å². The highest BCUT2D eigenvalue weighted by atomic mass is 19.1. The fourth-order valence-corrected chi connectivity index (χ4v) is 5.99. The van der Waals surface area contributed by atoms with Gasteiger partial charge < -0.3 is 25.4 Å². The van der Waals surface area contributed by atoms with Crippen molar-refractivity contribution in [1.29, 1.82) is 0 Å². The van der Waals surface area contributed by atoms with Gasteiger partial charge in [0, 0.05) is 41.9 Å². The van der Waals surface area contributed by atoms with E-state index in [1.54, 1.807) is 38.5 Å². The van der Waals surface area contributed by atoms with Gasteiger partial charge >= 0.3 is 0 Å². The molecule has 1 saturated carbocycles. The highest BCUT2D eigenvalue weighted by molar-refractivity contribution is 5.95. The summed E-state index contributed by atoms with van der Waals surface area (Å²) in [5.74, 6) is 0.162. The maximum Gasteiger partial charge on any atom is 0.254 e. The molecule has 3 N–H and O–H groups in total. The predicted octanol–water partition coefficient (Wildman–Crippen LogP) is 5.56. The zero-order valence-corrected chi connectivity index (χ0v) is 23.2. The first-order valence-corrected chi connectivity index (χ1v) is 13.9. The molecule has 1 amide bonds. The van der Waals surface area contributed by atoms with Crippen molar-refractivity contribution in [2.24, 2.45) is 11.7 Å². The van der Waals surface area contributed by atoms with E-state index in [-0.39, 0.29) is 24.0 Å². The molecule has 8 heteroatoms. The number of hydrogen-bond donors (Lipinski definition) is 2. The van der Waals surface area contributed by atoms with Crippen molar-refractivity contribution < 1.29 is 23.0 Å².